The largest absolute Gasteiger partial charge is 0.393 e. The molecule has 0 spiro atoms. The van der Waals surface area contributed by atoms with Gasteiger partial charge >= 0.3 is 0 Å². The Morgan fingerprint density at radius 3 is 2.38 bits per heavy atom. The summed E-state index contributed by atoms with van der Waals surface area (Å²) < 4.78 is 0. The number of fused-ring (bicyclic) bond motifs is 3. The van der Waals surface area contributed by atoms with Crippen molar-refractivity contribution >= 4 is 5.78 Å². The van der Waals surface area contributed by atoms with Crippen LogP contribution in [0, 0.1) is 28.1 Å². The fourth-order valence-electron chi connectivity index (χ4n) is 6.01. The van der Waals surface area contributed by atoms with Crippen LogP contribution in [-0.2, 0) is 4.79 Å². The van der Waals surface area contributed by atoms with E-state index < -0.39 is 34.6 Å². The summed E-state index contributed by atoms with van der Waals surface area (Å²) in [6.45, 7) is 11.8. The minimum absolute atomic E-state index is 0.0188. The molecular weight excluding hydrogens is 304 g/mol. The maximum Gasteiger partial charge on any atom is 0.139 e. The zero-order valence-electron chi connectivity index (χ0n) is 15.4. The van der Waals surface area contributed by atoms with Gasteiger partial charge in [-0.05, 0) is 36.5 Å². The maximum absolute atomic E-state index is 13.1. The Kier molecular flexibility index (Phi) is 3.88. The molecule has 4 nitrogen and oxygen atoms in total. The van der Waals surface area contributed by atoms with E-state index >= 15 is 0 Å². The quantitative estimate of drug-likeness (QED) is 0.643. The first-order chi connectivity index (χ1) is 10.9. The third kappa shape index (κ3) is 2.12. The fraction of sp³-hybridized carbons (Fsp3) is 0.850. The first-order valence-electron chi connectivity index (χ1n) is 9.16. The minimum Gasteiger partial charge on any atom is -0.393 e. The van der Waals surface area contributed by atoms with Crippen molar-refractivity contribution < 1.29 is 20.1 Å². The first kappa shape index (κ1) is 18.1. The molecule has 3 N–H and O–H groups in total. The molecular formula is C20H32O4. The van der Waals surface area contributed by atoms with Crippen LogP contribution in [0.15, 0.2) is 12.7 Å². The smallest absolute Gasteiger partial charge is 0.139 e. The number of ketones is 1. The predicted molar refractivity (Wildman–Crippen MR) is 92.2 cm³/mol. The van der Waals surface area contributed by atoms with Crippen LogP contribution in [-0.4, -0.2) is 38.9 Å². The predicted octanol–water partition coefficient (Wildman–Crippen LogP) is 2.46. The third-order valence-corrected chi connectivity index (χ3v) is 7.93. The number of aliphatic hydroxyl groups excluding tert-OH is 2. The zero-order chi connectivity index (χ0) is 18.1. The molecule has 0 aliphatic heterocycles. The Morgan fingerprint density at radius 1 is 1.17 bits per heavy atom. The Labute approximate surface area is 145 Å². The molecule has 3 rings (SSSR count). The molecule has 0 aromatic heterocycles. The van der Waals surface area contributed by atoms with Crippen LogP contribution < -0.4 is 0 Å². The van der Waals surface area contributed by atoms with Gasteiger partial charge in [0.05, 0.1) is 17.8 Å². The van der Waals surface area contributed by atoms with Crippen LogP contribution in [0.1, 0.15) is 59.8 Å². The molecule has 0 radical (unpaired) electrons. The number of rotatable bonds is 1. The van der Waals surface area contributed by atoms with E-state index in [1.165, 1.54) is 0 Å². The molecule has 3 saturated carbocycles. The number of aliphatic hydroxyl groups is 3. The molecule has 7 atom stereocenters. The van der Waals surface area contributed by atoms with Gasteiger partial charge in [0.1, 0.15) is 5.78 Å². The molecule has 136 valence electrons. The molecule has 0 bridgehead atoms. The molecule has 3 aliphatic carbocycles. The molecule has 0 aromatic carbocycles. The number of hydrogen-bond donors (Lipinski definition) is 3. The Bertz CT molecular complexity index is 570. The highest BCUT2D eigenvalue weighted by Gasteiger charge is 2.70. The van der Waals surface area contributed by atoms with Gasteiger partial charge < -0.3 is 15.3 Å². The van der Waals surface area contributed by atoms with E-state index in [0.717, 1.165) is 0 Å². The summed E-state index contributed by atoms with van der Waals surface area (Å²) in [5.74, 6) is -0.816. The van der Waals surface area contributed by atoms with Crippen LogP contribution in [0.5, 0.6) is 0 Å². The van der Waals surface area contributed by atoms with E-state index in [9.17, 15) is 20.1 Å². The second kappa shape index (κ2) is 5.15. The summed E-state index contributed by atoms with van der Waals surface area (Å²) >= 11 is 0. The van der Waals surface area contributed by atoms with E-state index in [2.05, 4.69) is 6.58 Å². The van der Waals surface area contributed by atoms with E-state index in [1.54, 1.807) is 0 Å². The number of carbonyl (C=O) groups excluding carboxylic acids is 1. The van der Waals surface area contributed by atoms with Gasteiger partial charge in [0.15, 0.2) is 0 Å². The first-order valence-corrected chi connectivity index (χ1v) is 9.16. The summed E-state index contributed by atoms with van der Waals surface area (Å²) in [4.78, 5) is 13.1. The number of hydrogen-bond acceptors (Lipinski definition) is 4. The Hall–Kier alpha value is -0.710. The van der Waals surface area contributed by atoms with Gasteiger partial charge in [-0.25, -0.2) is 0 Å². The van der Waals surface area contributed by atoms with Crippen molar-refractivity contribution in [3.8, 4) is 0 Å². The normalized spacial score (nSPS) is 53.9. The van der Waals surface area contributed by atoms with Gasteiger partial charge in [-0.2, -0.15) is 0 Å². The molecule has 0 saturated heterocycles. The molecule has 3 aliphatic rings. The second-order valence-corrected chi connectivity index (χ2v) is 9.74. The summed E-state index contributed by atoms with van der Waals surface area (Å²) in [7, 11) is 0. The van der Waals surface area contributed by atoms with E-state index in [1.807, 2.05) is 33.8 Å². The molecule has 0 amide bonds. The van der Waals surface area contributed by atoms with Gasteiger partial charge in [-0.1, -0.05) is 33.8 Å². The Morgan fingerprint density at radius 2 is 1.79 bits per heavy atom. The summed E-state index contributed by atoms with van der Waals surface area (Å²) in [5.41, 5.74) is -2.82. The van der Waals surface area contributed by atoms with Crippen LogP contribution in [0.2, 0.25) is 0 Å². The summed E-state index contributed by atoms with van der Waals surface area (Å²) in [5, 5.41) is 33.4. The van der Waals surface area contributed by atoms with Crippen molar-refractivity contribution in [1.82, 2.24) is 0 Å². The molecule has 4 heteroatoms. The molecule has 0 aromatic rings. The average molecular weight is 336 g/mol. The topological polar surface area (TPSA) is 77.8 Å². The molecule has 24 heavy (non-hydrogen) atoms. The SMILES string of the molecule is C=C[C@]1(C)C[C@H](O)[C@]2(C)[C@@H](C1)C(=O)C[C@@]1(O)[C@H]2[C@@H](O)CCC1(C)C. The van der Waals surface area contributed by atoms with Crippen LogP contribution in [0.4, 0.5) is 0 Å². The minimum atomic E-state index is -1.27. The molecule has 0 heterocycles. The maximum atomic E-state index is 13.1. The van der Waals surface area contributed by atoms with Gasteiger partial charge in [-0.3, -0.25) is 4.79 Å². The van der Waals surface area contributed by atoms with E-state index in [-0.39, 0.29) is 23.5 Å². The van der Waals surface area contributed by atoms with E-state index in [4.69, 9.17) is 0 Å². The summed E-state index contributed by atoms with van der Waals surface area (Å²) in [6.07, 6.45) is 2.89. The van der Waals surface area contributed by atoms with Crippen LogP contribution >= 0.6 is 0 Å². The van der Waals surface area contributed by atoms with Crippen molar-refractivity contribution in [2.24, 2.45) is 28.1 Å². The van der Waals surface area contributed by atoms with E-state index in [0.29, 0.717) is 25.7 Å². The number of carbonyl (C=O) groups is 1. The highest BCUT2D eigenvalue weighted by molar-refractivity contribution is 5.85. The van der Waals surface area contributed by atoms with Crippen molar-refractivity contribution in [3.63, 3.8) is 0 Å². The second-order valence-electron chi connectivity index (χ2n) is 9.74. The highest BCUT2D eigenvalue weighted by atomic mass is 16.3. The molecule has 0 unspecified atom stereocenters. The monoisotopic (exact) mass is 336 g/mol. The van der Waals surface area contributed by atoms with Gasteiger partial charge in [0.25, 0.3) is 0 Å². The fourth-order valence-corrected chi connectivity index (χ4v) is 6.01. The zero-order valence-corrected chi connectivity index (χ0v) is 15.4. The van der Waals surface area contributed by atoms with Crippen LogP contribution in [0.25, 0.3) is 0 Å². The van der Waals surface area contributed by atoms with Crippen molar-refractivity contribution in [1.29, 1.82) is 0 Å². The third-order valence-electron chi connectivity index (χ3n) is 7.93. The van der Waals surface area contributed by atoms with Crippen molar-refractivity contribution in [3.05, 3.63) is 12.7 Å². The van der Waals surface area contributed by atoms with Gasteiger partial charge in [0, 0.05) is 23.7 Å². The average Bonchev–Trinajstić information content (AvgIpc) is 2.47. The number of Topliss-reactive ketones (excluding diaryl/α,β-unsaturated/α-hetero) is 1. The van der Waals surface area contributed by atoms with Gasteiger partial charge in [-0.15, -0.1) is 6.58 Å². The summed E-state index contributed by atoms with van der Waals surface area (Å²) in [6, 6.07) is 0. The van der Waals surface area contributed by atoms with Crippen molar-refractivity contribution in [2.45, 2.75) is 77.6 Å². The Balaban J connectivity index is 2.13. The lowest BCUT2D eigenvalue weighted by Crippen LogP contribution is -2.72. The molecule has 3 fully saturated rings. The standard InChI is InChI=1S/C20H32O4/c1-6-18(4)9-12-14(22)10-20(24)16(19(12,5)15(23)11-18)13(21)7-8-17(20,2)3/h6,12-13,15-16,21,23-24H,1,7-11H2,2-5H3/t12-,13-,15-,16-,18-,19-,20+/m0/s1. The number of allylic oxidation sites excluding steroid dienone is 1. The lowest BCUT2D eigenvalue weighted by Gasteiger charge is -2.66. The van der Waals surface area contributed by atoms with Crippen molar-refractivity contribution in [2.75, 3.05) is 0 Å². The lowest BCUT2D eigenvalue weighted by atomic mass is 9.40. The lowest BCUT2D eigenvalue weighted by molar-refractivity contribution is -0.266. The highest BCUT2D eigenvalue weighted by Crippen LogP contribution is 2.65. The van der Waals surface area contributed by atoms with Gasteiger partial charge in [0.2, 0.25) is 0 Å². The van der Waals surface area contributed by atoms with Crippen LogP contribution in [0.3, 0.4) is 0 Å².